The fraction of sp³-hybridized carbons (Fsp3) is 0.200. The van der Waals surface area contributed by atoms with Gasteiger partial charge in [0.25, 0.3) is 0 Å². The van der Waals surface area contributed by atoms with Crippen molar-refractivity contribution in [2.75, 3.05) is 6.61 Å². The second kappa shape index (κ2) is 9.13. The van der Waals surface area contributed by atoms with Gasteiger partial charge in [0.15, 0.2) is 23.1 Å². The second-order valence-corrected chi connectivity index (χ2v) is 7.84. The molecule has 0 aromatic heterocycles. The van der Waals surface area contributed by atoms with Gasteiger partial charge in [-0.3, -0.25) is 0 Å². The number of rotatable bonds is 5. The molecule has 4 rings (SSSR count). The molecule has 1 unspecified atom stereocenters. The van der Waals surface area contributed by atoms with Crippen molar-refractivity contribution in [2.45, 2.75) is 19.3 Å². The molecule has 2 N–H and O–H groups in total. The van der Waals surface area contributed by atoms with Crippen molar-refractivity contribution in [2.24, 2.45) is 5.92 Å². The predicted molar refractivity (Wildman–Crippen MR) is 112 cm³/mol. The van der Waals surface area contributed by atoms with E-state index in [9.17, 15) is 32.2 Å². The standard InChI is InChI=1S/C25H19F5O3/c26-19-11-15(5-6-17(19)18-8-10-21(32)25(30)23(18)28)33-12-13-1-3-14(4-2-13)16-7-9-20(31)24(29)22(16)27/h3,5-11,13,31-32H,1-2,4,12H2. The summed E-state index contributed by atoms with van der Waals surface area (Å²) in [4.78, 5) is 0. The van der Waals surface area contributed by atoms with Gasteiger partial charge in [0.05, 0.1) is 6.61 Å². The number of ether oxygens (including phenoxy) is 1. The van der Waals surface area contributed by atoms with Crippen LogP contribution in [0.3, 0.4) is 0 Å². The lowest BCUT2D eigenvalue weighted by Gasteiger charge is -2.23. The Labute approximate surface area is 186 Å². The van der Waals surface area contributed by atoms with Gasteiger partial charge in [-0.15, -0.1) is 0 Å². The largest absolute Gasteiger partial charge is 0.505 e. The highest BCUT2D eigenvalue weighted by atomic mass is 19.2. The van der Waals surface area contributed by atoms with Gasteiger partial charge in [0.1, 0.15) is 11.6 Å². The van der Waals surface area contributed by atoms with Gasteiger partial charge >= 0.3 is 0 Å². The van der Waals surface area contributed by atoms with Crippen molar-refractivity contribution in [3.05, 3.63) is 83.2 Å². The number of phenols is 2. The molecule has 3 aromatic rings. The van der Waals surface area contributed by atoms with Crippen LogP contribution in [0.5, 0.6) is 17.2 Å². The Balaban J connectivity index is 1.41. The van der Waals surface area contributed by atoms with Crippen LogP contribution in [0.15, 0.2) is 48.5 Å². The zero-order chi connectivity index (χ0) is 23.7. The average Bonchev–Trinajstić information content (AvgIpc) is 2.81. The van der Waals surface area contributed by atoms with Crippen molar-refractivity contribution in [3.8, 4) is 28.4 Å². The minimum absolute atomic E-state index is 0.0603. The molecule has 0 spiro atoms. The van der Waals surface area contributed by atoms with Crippen LogP contribution in [0.25, 0.3) is 16.7 Å². The second-order valence-electron chi connectivity index (χ2n) is 7.84. The van der Waals surface area contributed by atoms with Crippen LogP contribution < -0.4 is 4.74 Å². The molecule has 0 bridgehead atoms. The van der Waals surface area contributed by atoms with E-state index in [0.717, 1.165) is 24.3 Å². The normalized spacial score (nSPS) is 15.9. The lowest BCUT2D eigenvalue weighted by atomic mass is 9.87. The van der Waals surface area contributed by atoms with Gasteiger partial charge in [0.2, 0.25) is 11.6 Å². The van der Waals surface area contributed by atoms with E-state index >= 15 is 0 Å². The molecule has 172 valence electrons. The Hall–Kier alpha value is -3.55. The highest BCUT2D eigenvalue weighted by Gasteiger charge is 2.22. The number of aromatic hydroxyl groups is 2. The molecule has 33 heavy (non-hydrogen) atoms. The first-order valence-electron chi connectivity index (χ1n) is 10.2. The SMILES string of the molecule is Oc1ccc(C2=CCC(COc3ccc(-c4ccc(O)c(F)c4F)c(F)c3)CC2)c(F)c1F. The van der Waals surface area contributed by atoms with Crippen LogP contribution >= 0.6 is 0 Å². The third kappa shape index (κ3) is 4.51. The molecule has 0 fully saturated rings. The number of hydrogen-bond donors (Lipinski definition) is 2. The molecule has 8 heteroatoms. The first-order chi connectivity index (χ1) is 15.8. The summed E-state index contributed by atoms with van der Waals surface area (Å²) in [6.07, 6.45) is 3.44. The first kappa shape index (κ1) is 22.6. The molecule has 1 atom stereocenters. The molecule has 0 aliphatic heterocycles. The molecule has 1 aliphatic rings. The molecular formula is C25H19F5O3. The zero-order valence-electron chi connectivity index (χ0n) is 17.2. The van der Waals surface area contributed by atoms with E-state index < -0.39 is 40.6 Å². The van der Waals surface area contributed by atoms with E-state index in [1.165, 1.54) is 18.2 Å². The van der Waals surface area contributed by atoms with Crippen molar-refractivity contribution < 1.29 is 36.9 Å². The van der Waals surface area contributed by atoms with E-state index in [-0.39, 0.29) is 35.0 Å². The smallest absolute Gasteiger partial charge is 0.200 e. The maximum absolute atomic E-state index is 14.5. The Morgan fingerprint density at radius 3 is 1.97 bits per heavy atom. The highest BCUT2D eigenvalue weighted by molar-refractivity contribution is 5.68. The Morgan fingerprint density at radius 2 is 1.36 bits per heavy atom. The summed E-state index contributed by atoms with van der Waals surface area (Å²) in [7, 11) is 0. The number of hydrogen-bond acceptors (Lipinski definition) is 3. The first-order valence-corrected chi connectivity index (χ1v) is 10.2. The molecule has 0 heterocycles. The van der Waals surface area contributed by atoms with Gasteiger partial charge < -0.3 is 14.9 Å². The lowest BCUT2D eigenvalue weighted by molar-refractivity contribution is 0.239. The average molecular weight is 462 g/mol. The molecule has 0 amide bonds. The minimum Gasteiger partial charge on any atom is -0.505 e. The Bertz CT molecular complexity index is 1240. The zero-order valence-corrected chi connectivity index (χ0v) is 17.2. The van der Waals surface area contributed by atoms with Gasteiger partial charge in [-0.25, -0.2) is 13.2 Å². The topological polar surface area (TPSA) is 49.7 Å². The molecular weight excluding hydrogens is 443 g/mol. The summed E-state index contributed by atoms with van der Waals surface area (Å²) in [6.45, 7) is 0.247. The molecule has 0 saturated heterocycles. The molecule has 3 nitrogen and oxygen atoms in total. The van der Waals surface area contributed by atoms with Crippen molar-refractivity contribution >= 4 is 5.57 Å². The number of phenolic OH excluding ortho intramolecular Hbond substituents is 2. The summed E-state index contributed by atoms with van der Waals surface area (Å²) in [5.74, 6) is -7.32. The number of halogens is 5. The monoisotopic (exact) mass is 462 g/mol. The van der Waals surface area contributed by atoms with Crippen LogP contribution in [0.1, 0.15) is 24.8 Å². The van der Waals surface area contributed by atoms with Gasteiger partial charge in [-0.05, 0) is 67.2 Å². The lowest BCUT2D eigenvalue weighted by Crippen LogP contribution is -2.15. The third-order valence-electron chi connectivity index (χ3n) is 5.71. The van der Waals surface area contributed by atoms with Crippen LogP contribution in [-0.4, -0.2) is 16.8 Å². The van der Waals surface area contributed by atoms with E-state index in [2.05, 4.69) is 0 Å². The number of allylic oxidation sites excluding steroid dienone is 2. The van der Waals surface area contributed by atoms with Crippen molar-refractivity contribution in [1.82, 2.24) is 0 Å². The summed E-state index contributed by atoms with van der Waals surface area (Å²) in [6, 6.07) is 8.24. The predicted octanol–water partition coefficient (Wildman–Crippen LogP) is 6.72. The maximum Gasteiger partial charge on any atom is 0.200 e. The van der Waals surface area contributed by atoms with Crippen LogP contribution in [-0.2, 0) is 0 Å². The summed E-state index contributed by atoms with van der Waals surface area (Å²) < 4.78 is 75.5. The van der Waals surface area contributed by atoms with Crippen LogP contribution in [0, 0.1) is 35.0 Å². The highest BCUT2D eigenvalue weighted by Crippen LogP contribution is 2.35. The fourth-order valence-corrected chi connectivity index (χ4v) is 3.84. The van der Waals surface area contributed by atoms with Gasteiger partial charge in [-0.2, -0.15) is 8.78 Å². The Kier molecular flexibility index (Phi) is 6.26. The molecule has 1 aliphatic carbocycles. The molecule has 3 aromatic carbocycles. The third-order valence-corrected chi connectivity index (χ3v) is 5.71. The van der Waals surface area contributed by atoms with Crippen LogP contribution in [0.4, 0.5) is 22.0 Å². The Morgan fingerprint density at radius 1 is 0.758 bits per heavy atom. The van der Waals surface area contributed by atoms with E-state index in [4.69, 9.17) is 4.74 Å². The van der Waals surface area contributed by atoms with Crippen molar-refractivity contribution in [3.63, 3.8) is 0 Å². The maximum atomic E-state index is 14.5. The number of benzene rings is 3. The van der Waals surface area contributed by atoms with Crippen molar-refractivity contribution in [1.29, 1.82) is 0 Å². The summed E-state index contributed by atoms with van der Waals surface area (Å²) >= 11 is 0. The van der Waals surface area contributed by atoms with Crippen LogP contribution in [0.2, 0.25) is 0 Å². The summed E-state index contributed by atoms with van der Waals surface area (Å²) in [5, 5.41) is 18.5. The van der Waals surface area contributed by atoms with E-state index in [1.807, 2.05) is 0 Å². The fourth-order valence-electron chi connectivity index (χ4n) is 3.84. The van der Waals surface area contributed by atoms with E-state index in [0.29, 0.717) is 24.8 Å². The molecule has 0 saturated carbocycles. The van der Waals surface area contributed by atoms with Gasteiger partial charge in [0, 0.05) is 22.8 Å². The minimum atomic E-state index is -1.45. The quantitative estimate of drug-likeness (QED) is 0.414. The molecule has 0 radical (unpaired) electrons. The summed E-state index contributed by atoms with van der Waals surface area (Å²) in [5.41, 5.74) is 0.255. The van der Waals surface area contributed by atoms with E-state index in [1.54, 1.807) is 6.08 Å². The van der Waals surface area contributed by atoms with Gasteiger partial charge in [-0.1, -0.05) is 6.08 Å².